The van der Waals surface area contributed by atoms with Crippen LogP contribution in [0.5, 0.6) is 0 Å². The predicted octanol–water partition coefficient (Wildman–Crippen LogP) is 7.71. The summed E-state index contributed by atoms with van der Waals surface area (Å²) in [7, 11) is -1.77. The lowest BCUT2D eigenvalue weighted by atomic mass is 10.0. The largest absolute Gasteiger partial charge is 0.468 e. The summed E-state index contributed by atoms with van der Waals surface area (Å²) >= 11 is 0. The zero-order valence-electron chi connectivity index (χ0n) is 20.3. The van der Waals surface area contributed by atoms with E-state index in [1.807, 2.05) is 103 Å². The Morgan fingerprint density at radius 1 is 0.722 bits per heavy atom. The van der Waals surface area contributed by atoms with Crippen LogP contribution in [0.1, 0.15) is 46.9 Å². The van der Waals surface area contributed by atoms with Crippen molar-refractivity contribution in [2.75, 3.05) is 7.11 Å². The van der Waals surface area contributed by atoms with Crippen molar-refractivity contribution in [1.82, 2.24) is 5.09 Å². The first kappa shape index (κ1) is 24.2. The molecule has 182 valence electrons. The first-order chi connectivity index (χ1) is 17.6. The summed E-state index contributed by atoms with van der Waals surface area (Å²) in [6.07, 6.45) is 1.57. The van der Waals surface area contributed by atoms with E-state index in [1.54, 1.807) is 0 Å². The third-order valence-corrected chi connectivity index (χ3v) is 10.8. The van der Waals surface area contributed by atoms with Crippen molar-refractivity contribution in [2.24, 2.45) is 0 Å². The smallest absolute Gasteiger partial charge is 0.327 e. The van der Waals surface area contributed by atoms with Gasteiger partial charge in [0, 0.05) is 0 Å². The normalized spacial score (nSPS) is 19.5. The van der Waals surface area contributed by atoms with E-state index < -0.39 is 19.3 Å². The Hall–Kier alpha value is -3.46. The van der Waals surface area contributed by atoms with Crippen molar-refractivity contribution >= 4 is 13.3 Å². The summed E-state index contributed by atoms with van der Waals surface area (Å²) in [6, 6.07) is 37.1. The molecule has 1 aliphatic heterocycles. The highest BCUT2D eigenvalue weighted by Crippen LogP contribution is 2.74. The lowest BCUT2D eigenvalue weighted by Gasteiger charge is -2.31. The van der Waals surface area contributed by atoms with E-state index in [9.17, 15) is 4.79 Å². The SMILES string of the molecule is COC(=O)[C@@H](NP1(=O)[C@H](c2ccccc2)CC[C@H]1c1ccccc1)c1ccc(-c2ccccc2)cc1. The second kappa shape index (κ2) is 10.7. The van der Waals surface area contributed by atoms with Gasteiger partial charge in [0.2, 0.25) is 0 Å². The van der Waals surface area contributed by atoms with Crippen LogP contribution in [0.4, 0.5) is 0 Å². The molecule has 1 aliphatic rings. The zero-order chi connectivity index (χ0) is 25.0. The number of benzene rings is 4. The Kier molecular flexibility index (Phi) is 7.18. The van der Waals surface area contributed by atoms with Crippen LogP contribution in [0, 0.1) is 0 Å². The van der Waals surface area contributed by atoms with Gasteiger partial charge in [0.15, 0.2) is 7.29 Å². The Morgan fingerprint density at radius 2 is 1.17 bits per heavy atom. The summed E-state index contributed by atoms with van der Waals surface area (Å²) in [6.45, 7) is 0. The Morgan fingerprint density at radius 3 is 1.64 bits per heavy atom. The van der Waals surface area contributed by atoms with E-state index in [4.69, 9.17) is 4.74 Å². The van der Waals surface area contributed by atoms with Gasteiger partial charge in [0.05, 0.1) is 18.4 Å². The Bertz CT molecular complexity index is 1290. The first-order valence-corrected chi connectivity index (χ1v) is 14.1. The highest BCUT2D eigenvalue weighted by Gasteiger charge is 2.49. The molecule has 4 aromatic rings. The minimum absolute atomic E-state index is 0.181. The molecule has 1 saturated heterocycles. The quantitative estimate of drug-likeness (QED) is 0.211. The molecular weight excluding hydrogens is 465 g/mol. The summed E-state index contributed by atoms with van der Waals surface area (Å²) in [5.74, 6) is -0.441. The number of nitrogens with one attached hydrogen (secondary N) is 1. The van der Waals surface area contributed by atoms with Gasteiger partial charge >= 0.3 is 5.97 Å². The number of esters is 1. The lowest BCUT2D eigenvalue weighted by molar-refractivity contribution is -0.142. The average Bonchev–Trinajstić information content (AvgIpc) is 3.29. The fourth-order valence-corrected chi connectivity index (χ4v) is 9.05. The Labute approximate surface area is 212 Å². The molecule has 0 aromatic heterocycles. The van der Waals surface area contributed by atoms with Gasteiger partial charge in [-0.15, -0.1) is 0 Å². The molecule has 4 aromatic carbocycles. The summed E-state index contributed by atoms with van der Waals surface area (Å²) in [4.78, 5) is 13.1. The molecule has 0 radical (unpaired) electrons. The molecule has 36 heavy (non-hydrogen) atoms. The van der Waals surface area contributed by atoms with Gasteiger partial charge in [0.25, 0.3) is 0 Å². The monoisotopic (exact) mass is 495 g/mol. The zero-order valence-corrected chi connectivity index (χ0v) is 21.2. The van der Waals surface area contributed by atoms with E-state index in [1.165, 1.54) is 7.11 Å². The molecule has 3 atom stereocenters. The maximum atomic E-state index is 15.1. The van der Waals surface area contributed by atoms with Crippen LogP contribution in [-0.4, -0.2) is 13.1 Å². The predicted molar refractivity (Wildman–Crippen MR) is 145 cm³/mol. The van der Waals surface area contributed by atoms with Gasteiger partial charge < -0.3 is 9.30 Å². The van der Waals surface area contributed by atoms with Crippen molar-refractivity contribution in [3.8, 4) is 11.1 Å². The molecule has 0 bridgehead atoms. The average molecular weight is 496 g/mol. The van der Waals surface area contributed by atoms with E-state index in [-0.39, 0.29) is 11.3 Å². The molecule has 0 spiro atoms. The minimum atomic E-state index is -3.14. The van der Waals surface area contributed by atoms with Crippen LogP contribution in [0.3, 0.4) is 0 Å². The third-order valence-electron chi connectivity index (χ3n) is 7.13. The molecule has 1 fully saturated rings. The van der Waals surface area contributed by atoms with Gasteiger partial charge in [-0.25, -0.2) is 9.88 Å². The summed E-state index contributed by atoms with van der Waals surface area (Å²) < 4.78 is 20.2. The van der Waals surface area contributed by atoms with Crippen LogP contribution in [0.25, 0.3) is 11.1 Å². The van der Waals surface area contributed by atoms with Crippen molar-refractivity contribution in [3.05, 3.63) is 132 Å². The van der Waals surface area contributed by atoms with Gasteiger partial charge in [-0.2, -0.15) is 0 Å². The maximum absolute atomic E-state index is 15.1. The van der Waals surface area contributed by atoms with E-state index in [0.717, 1.165) is 40.7 Å². The van der Waals surface area contributed by atoms with E-state index >= 15 is 4.57 Å². The van der Waals surface area contributed by atoms with Crippen LogP contribution in [0.2, 0.25) is 0 Å². The molecule has 0 aliphatic carbocycles. The molecule has 1 N–H and O–H groups in total. The second-order valence-corrected chi connectivity index (χ2v) is 12.1. The summed E-state index contributed by atoms with van der Waals surface area (Å²) in [5.41, 5.74) is 4.61. The Balaban J connectivity index is 1.53. The number of rotatable bonds is 7. The standard InChI is InChI=1S/C31H30NO3P/c1-35-31(33)30(27-19-17-24(18-20-27)23-11-5-2-6-12-23)32-36(34)28(25-13-7-3-8-14-25)21-22-29(36)26-15-9-4-10-16-26/h2-20,28-30H,21-22H2,1H3,(H,32,34)/t28-,29-,30-/m0/s1. The summed E-state index contributed by atoms with van der Waals surface area (Å²) in [5, 5.41) is 3.40. The number of hydrogen-bond donors (Lipinski definition) is 1. The third kappa shape index (κ3) is 4.80. The molecule has 5 heteroatoms. The molecule has 4 nitrogen and oxygen atoms in total. The molecule has 0 saturated carbocycles. The van der Waals surface area contributed by atoms with Crippen LogP contribution < -0.4 is 5.09 Å². The van der Waals surface area contributed by atoms with Gasteiger partial charge in [0.1, 0.15) is 6.04 Å². The van der Waals surface area contributed by atoms with Crippen LogP contribution in [0.15, 0.2) is 115 Å². The van der Waals surface area contributed by atoms with Gasteiger partial charge in [-0.1, -0.05) is 115 Å². The molecule has 0 unspecified atom stereocenters. The lowest BCUT2D eigenvalue weighted by Crippen LogP contribution is -2.29. The van der Waals surface area contributed by atoms with Crippen molar-refractivity contribution in [1.29, 1.82) is 0 Å². The molecule has 1 heterocycles. The molecular formula is C31H30NO3P. The van der Waals surface area contributed by atoms with Crippen LogP contribution >= 0.6 is 7.29 Å². The minimum Gasteiger partial charge on any atom is -0.468 e. The maximum Gasteiger partial charge on any atom is 0.327 e. The van der Waals surface area contributed by atoms with Gasteiger partial charge in [-0.05, 0) is 40.7 Å². The van der Waals surface area contributed by atoms with E-state index in [0.29, 0.717) is 0 Å². The molecule has 5 rings (SSSR count). The highest BCUT2D eigenvalue weighted by molar-refractivity contribution is 7.63. The molecule has 0 amide bonds. The number of carbonyl (C=O) groups excluding carboxylic acids is 1. The first-order valence-electron chi connectivity index (χ1n) is 12.3. The number of carbonyl (C=O) groups is 1. The van der Waals surface area contributed by atoms with Crippen molar-refractivity contribution in [2.45, 2.75) is 30.2 Å². The number of hydrogen-bond acceptors (Lipinski definition) is 3. The second-order valence-electron chi connectivity index (χ2n) is 9.21. The number of ether oxygens (including phenoxy) is 1. The van der Waals surface area contributed by atoms with Crippen LogP contribution in [-0.2, 0) is 14.1 Å². The fraction of sp³-hybridized carbons (Fsp3) is 0.194. The van der Waals surface area contributed by atoms with Gasteiger partial charge in [-0.3, -0.25) is 0 Å². The fourth-order valence-electron chi connectivity index (χ4n) is 5.30. The topological polar surface area (TPSA) is 55.4 Å². The van der Waals surface area contributed by atoms with Crippen molar-refractivity contribution < 1.29 is 14.1 Å². The number of methoxy groups -OCH3 is 1. The highest BCUT2D eigenvalue weighted by atomic mass is 31.2. The van der Waals surface area contributed by atoms with E-state index in [2.05, 4.69) is 17.2 Å². The van der Waals surface area contributed by atoms with Crippen molar-refractivity contribution in [3.63, 3.8) is 0 Å².